The lowest BCUT2D eigenvalue weighted by Gasteiger charge is -2.08. The SMILES string of the molecule is O=C(COc1cccc(-c2noc(COc3ccccc3)n2)c1)Nc1ccccc1. The van der Waals surface area contributed by atoms with Gasteiger partial charge in [0.25, 0.3) is 11.8 Å². The molecule has 0 aliphatic heterocycles. The maximum Gasteiger partial charge on any atom is 0.264 e. The number of para-hydroxylation sites is 2. The van der Waals surface area contributed by atoms with E-state index in [1.807, 2.05) is 66.7 Å². The third-order valence-corrected chi connectivity index (χ3v) is 4.09. The largest absolute Gasteiger partial charge is 0.484 e. The van der Waals surface area contributed by atoms with E-state index in [1.54, 1.807) is 18.2 Å². The first kappa shape index (κ1) is 19.2. The first-order valence-electron chi connectivity index (χ1n) is 9.35. The van der Waals surface area contributed by atoms with Crippen LogP contribution in [0.5, 0.6) is 11.5 Å². The third-order valence-electron chi connectivity index (χ3n) is 4.09. The van der Waals surface area contributed by atoms with Gasteiger partial charge in [0.2, 0.25) is 5.82 Å². The van der Waals surface area contributed by atoms with Gasteiger partial charge in [0, 0.05) is 11.3 Å². The van der Waals surface area contributed by atoms with Crippen LogP contribution in [0.15, 0.2) is 89.5 Å². The van der Waals surface area contributed by atoms with E-state index in [0.717, 1.165) is 11.4 Å². The van der Waals surface area contributed by atoms with E-state index in [9.17, 15) is 4.79 Å². The lowest BCUT2D eigenvalue weighted by Crippen LogP contribution is -2.20. The molecule has 0 aliphatic carbocycles. The molecule has 0 atom stereocenters. The molecule has 3 aromatic carbocycles. The van der Waals surface area contributed by atoms with Crippen LogP contribution in [0.25, 0.3) is 11.4 Å². The summed E-state index contributed by atoms with van der Waals surface area (Å²) >= 11 is 0. The second-order valence-corrected chi connectivity index (χ2v) is 6.34. The Balaban J connectivity index is 1.34. The van der Waals surface area contributed by atoms with Crippen molar-refractivity contribution < 1.29 is 18.8 Å². The molecule has 0 radical (unpaired) electrons. The first-order chi connectivity index (χ1) is 14.8. The van der Waals surface area contributed by atoms with Gasteiger partial charge in [0.15, 0.2) is 13.2 Å². The number of aromatic nitrogens is 2. The molecular formula is C23H19N3O4. The Hall–Kier alpha value is -4.13. The van der Waals surface area contributed by atoms with Crippen molar-refractivity contribution in [2.75, 3.05) is 11.9 Å². The predicted octanol–water partition coefficient (Wildman–Crippen LogP) is 4.33. The maximum absolute atomic E-state index is 12.0. The van der Waals surface area contributed by atoms with Crippen LogP contribution in [0.3, 0.4) is 0 Å². The van der Waals surface area contributed by atoms with E-state index in [-0.39, 0.29) is 19.1 Å². The number of ether oxygens (including phenoxy) is 2. The molecule has 0 saturated heterocycles. The standard InChI is InChI=1S/C23H19N3O4/c27-21(24-18-9-3-1-4-10-18)15-28-20-13-7-8-17(14-20)23-25-22(30-26-23)16-29-19-11-5-2-6-12-19/h1-14H,15-16H2,(H,24,27). The van der Waals surface area contributed by atoms with Crippen LogP contribution in [0.2, 0.25) is 0 Å². The zero-order chi connectivity index (χ0) is 20.6. The van der Waals surface area contributed by atoms with Gasteiger partial charge in [0.1, 0.15) is 11.5 Å². The molecule has 150 valence electrons. The number of hydrogen-bond donors (Lipinski definition) is 1. The predicted molar refractivity (Wildman–Crippen MR) is 111 cm³/mol. The quantitative estimate of drug-likeness (QED) is 0.473. The van der Waals surface area contributed by atoms with Crippen LogP contribution in [-0.2, 0) is 11.4 Å². The highest BCUT2D eigenvalue weighted by Gasteiger charge is 2.11. The van der Waals surface area contributed by atoms with Crippen molar-refractivity contribution in [1.29, 1.82) is 0 Å². The summed E-state index contributed by atoms with van der Waals surface area (Å²) in [4.78, 5) is 16.4. The number of amides is 1. The molecule has 4 rings (SSSR count). The number of hydrogen-bond acceptors (Lipinski definition) is 6. The summed E-state index contributed by atoms with van der Waals surface area (Å²) in [6.07, 6.45) is 0. The normalized spacial score (nSPS) is 10.4. The van der Waals surface area contributed by atoms with E-state index in [1.165, 1.54) is 0 Å². The summed E-state index contributed by atoms with van der Waals surface area (Å²) in [5.74, 6) is 1.79. The number of benzene rings is 3. The summed E-state index contributed by atoms with van der Waals surface area (Å²) < 4.78 is 16.5. The molecule has 1 aromatic heterocycles. The highest BCUT2D eigenvalue weighted by molar-refractivity contribution is 5.91. The number of carbonyl (C=O) groups excluding carboxylic acids is 1. The van der Waals surface area contributed by atoms with Crippen LogP contribution in [0.4, 0.5) is 5.69 Å². The molecule has 30 heavy (non-hydrogen) atoms. The minimum Gasteiger partial charge on any atom is -0.484 e. The molecule has 0 spiro atoms. The van der Waals surface area contributed by atoms with Gasteiger partial charge in [-0.05, 0) is 36.4 Å². The smallest absolute Gasteiger partial charge is 0.264 e. The summed E-state index contributed by atoms with van der Waals surface area (Å²) in [5.41, 5.74) is 1.43. The molecule has 1 heterocycles. The second kappa shape index (κ2) is 9.38. The maximum atomic E-state index is 12.0. The van der Waals surface area contributed by atoms with Crippen LogP contribution in [0.1, 0.15) is 5.89 Å². The summed E-state index contributed by atoms with van der Waals surface area (Å²) in [7, 11) is 0. The number of nitrogens with one attached hydrogen (secondary N) is 1. The topological polar surface area (TPSA) is 86.5 Å². The number of anilines is 1. The number of carbonyl (C=O) groups is 1. The molecule has 7 heteroatoms. The average molecular weight is 401 g/mol. The van der Waals surface area contributed by atoms with Crippen molar-refractivity contribution in [3.05, 3.63) is 90.8 Å². The molecule has 0 saturated carbocycles. The third kappa shape index (κ3) is 5.23. The van der Waals surface area contributed by atoms with E-state index in [0.29, 0.717) is 23.0 Å². The average Bonchev–Trinajstić information content (AvgIpc) is 3.27. The molecule has 1 amide bonds. The van der Waals surface area contributed by atoms with Crippen LogP contribution < -0.4 is 14.8 Å². The molecule has 0 unspecified atom stereocenters. The van der Waals surface area contributed by atoms with Crippen molar-refractivity contribution in [2.45, 2.75) is 6.61 Å². The Bertz CT molecular complexity index is 1100. The van der Waals surface area contributed by atoms with Crippen LogP contribution in [-0.4, -0.2) is 22.7 Å². The molecule has 0 fully saturated rings. The summed E-state index contributed by atoms with van der Waals surface area (Å²) in [6, 6.07) is 25.8. The van der Waals surface area contributed by atoms with Crippen molar-refractivity contribution in [3.8, 4) is 22.9 Å². The van der Waals surface area contributed by atoms with Gasteiger partial charge in [-0.3, -0.25) is 4.79 Å². The lowest BCUT2D eigenvalue weighted by atomic mass is 10.2. The Morgan fingerprint density at radius 3 is 2.40 bits per heavy atom. The fourth-order valence-electron chi connectivity index (χ4n) is 2.68. The molecular weight excluding hydrogens is 382 g/mol. The molecule has 0 aliphatic rings. The molecule has 0 bridgehead atoms. The zero-order valence-electron chi connectivity index (χ0n) is 16.0. The van der Waals surface area contributed by atoms with Gasteiger partial charge in [0.05, 0.1) is 0 Å². The molecule has 4 aromatic rings. The Labute approximate surface area is 173 Å². The number of nitrogens with zero attached hydrogens (tertiary/aromatic N) is 2. The minimum atomic E-state index is -0.244. The van der Waals surface area contributed by atoms with Gasteiger partial charge in [-0.1, -0.05) is 53.7 Å². The van der Waals surface area contributed by atoms with Gasteiger partial charge < -0.3 is 19.3 Å². The highest BCUT2D eigenvalue weighted by atomic mass is 16.5. The fourth-order valence-corrected chi connectivity index (χ4v) is 2.68. The zero-order valence-corrected chi connectivity index (χ0v) is 16.0. The van der Waals surface area contributed by atoms with Crippen LogP contribution >= 0.6 is 0 Å². The summed E-state index contributed by atoms with van der Waals surface area (Å²) in [6.45, 7) is 0.0631. The Kier molecular flexibility index (Phi) is 6.00. The second-order valence-electron chi connectivity index (χ2n) is 6.34. The van der Waals surface area contributed by atoms with E-state index < -0.39 is 0 Å². The summed E-state index contributed by atoms with van der Waals surface area (Å²) in [5, 5.41) is 6.76. The van der Waals surface area contributed by atoms with Crippen molar-refractivity contribution >= 4 is 11.6 Å². The molecule has 7 nitrogen and oxygen atoms in total. The van der Waals surface area contributed by atoms with Crippen LogP contribution in [0, 0.1) is 0 Å². The Morgan fingerprint density at radius 2 is 1.60 bits per heavy atom. The fraction of sp³-hybridized carbons (Fsp3) is 0.0870. The van der Waals surface area contributed by atoms with Crippen molar-refractivity contribution in [2.24, 2.45) is 0 Å². The molecule has 1 N–H and O–H groups in total. The number of rotatable bonds is 8. The first-order valence-corrected chi connectivity index (χ1v) is 9.35. The minimum absolute atomic E-state index is 0.110. The van der Waals surface area contributed by atoms with Crippen molar-refractivity contribution in [3.63, 3.8) is 0 Å². The highest BCUT2D eigenvalue weighted by Crippen LogP contribution is 2.22. The van der Waals surface area contributed by atoms with Gasteiger partial charge in [-0.2, -0.15) is 4.98 Å². The van der Waals surface area contributed by atoms with E-state index in [4.69, 9.17) is 14.0 Å². The van der Waals surface area contributed by atoms with Gasteiger partial charge >= 0.3 is 0 Å². The van der Waals surface area contributed by atoms with E-state index in [2.05, 4.69) is 15.5 Å². The van der Waals surface area contributed by atoms with Gasteiger partial charge in [-0.15, -0.1) is 0 Å². The monoisotopic (exact) mass is 401 g/mol. The van der Waals surface area contributed by atoms with E-state index >= 15 is 0 Å². The lowest BCUT2D eigenvalue weighted by molar-refractivity contribution is -0.118. The van der Waals surface area contributed by atoms with Gasteiger partial charge in [-0.25, -0.2) is 0 Å². The Morgan fingerprint density at radius 1 is 0.867 bits per heavy atom. The van der Waals surface area contributed by atoms with Crippen molar-refractivity contribution in [1.82, 2.24) is 10.1 Å².